The van der Waals surface area contributed by atoms with Crippen molar-refractivity contribution in [3.8, 4) is 0 Å². The van der Waals surface area contributed by atoms with E-state index in [4.69, 9.17) is 12.2 Å². The molecule has 76 valence electrons. The number of hydrogen-bond acceptors (Lipinski definition) is 3. The van der Waals surface area contributed by atoms with E-state index in [9.17, 15) is 4.79 Å². The van der Waals surface area contributed by atoms with Crippen LogP contribution in [0.2, 0.25) is 0 Å². The highest BCUT2D eigenvalue weighted by atomic mass is 32.2. The van der Waals surface area contributed by atoms with Gasteiger partial charge in [-0.05, 0) is 12.8 Å². The number of amides is 1. The molecule has 14 heavy (non-hydrogen) atoms. The predicted octanol–water partition coefficient (Wildman–Crippen LogP) is 2.69. The van der Waals surface area contributed by atoms with E-state index < -0.39 is 0 Å². The van der Waals surface area contributed by atoms with Crippen molar-refractivity contribution < 1.29 is 4.79 Å². The van der Waals surface area contributed by atoms with Gasteiger partial charge in [0, 0.05) is 6.04 Å². The van der Waals surface area contributed by atoms with Crippen LogP contribution in [0.4, 0.5) is 0 Å². The Hall–Kier alpha value is -0.350. The lowest BCUT2D eigenvalue weighted by molar-refractivity contribution is -0.124. The van der Waals surface area contributed by atoms with E-state index in [1.165, 1.54) is 31.0 Å². The van der Waals surface area contributed by atoms with Gasteiger partial charge in [0.2, 0.25) is 0 Å². The first kappa shape index (κ1) is 10.2. The van der Waals surface area contributed by atoms with E-state index in [1.807, 2.05) is 0 Å². The molecular formula is C10H13NOS2. The molecule has 0 spiro atoms. The van der Waals surface area contributed by atoms with Crippen molar-refractivity contribution in [3.05, 3.63) is 11.5 Å². The maximum atomic E-state index is 11.7. The van der Waals surface area contributed by atoms with Gasteiger partial charge in [-0.2, -0.15) is 0 Å². The zero-order valence-electron chi connectivity index (χ0n) is 7.99. The normalized spacial score (nSPS) is 24.9. The van der Waals surface area contributed by atoms with Crippen LogP contribution in [0.1, 0.15) is 32.1 Å². The van der Waals surface area contributed by atoms with Gasteiger partial charge in [-0.1, -0.05) is 49.8 Å². The summed E-state index contributed by atoms with van der Waals surface area (Å²) in [4.78, 5) is 14.1. The molecule has 0 N–H and O–H groups in total. The van der Waals surface area contributed by atoms with E-state index in [1.54, 1.807) is 4.90 Å². The van der Waals surface area contributed by atoms with E-state index in [0.717, 1.165) is 12.8 Å². The van der Waals surface area contributed by atoms with Gasteiger partial charge in [-0.15, -0.1) is 0 Å². The Morgan fingerprint density at radius 2 is 2.00 bits per heavy atom. The molecule has 1 saturated heterocycles. The van der Waals surface area contributed by atoms with Crippen molar-refractivity contribution >= 4 is 34.2 Å². The van der Waals surface area contributed by atoms with E-state index >= 15 is 0 Å². The Morgan fingerprint density at radius 3 is 2.50 bits per heavy atom. The number of carbonyl (C=O) groups excluding carboxylic acids is 1. The van der Waals surface area contributed by atoms with Crippen molar-refractivity contribution in [2.75, 3.05) is 0 Å². The van der Waals surface area contributed by atoms with Crippen molar-refractivity contribution in [2.45, 2.75) is 38.1 Å². The first-order valence-electron chi connectivity index (χ1n) is 4.94. The van der Waals surface area contributed by atoms with Gasteiger partial charge in [0.25, 0.3) is 5.91 Å². The van der Waals surface area contributed by atoms with Crippen molar-refractivity contribution in [1.29, 1.82) is 0 Å². The molecule has 2 aliphatic rings. The Labute approximate surface area is 93.7 Å². The molecule has 2 rings (SSSR count). The maximum Gasteiger partial charge on any atom is 0.265 e. The van der Waals surface area contributed by atoms with Gasteiger partial charge in [0.15, 0.2) is 0 Å². The zero-order valence-corrected chi connectivity index (χ0v) is 9.62. The van der Waals surface area contributed by atoms with E-state index in [2.05, 4.69) is 6.58 Å². The fourth-order valence-corrected chi connectivity index (χ4v) is 3.33. The van der Waals surface area contributed by atoms with Crippen LogP contribution in [-0.4, -0.2) is 21.2 Å². The lowest BCUT2D eigenvalue weighted by atomic mass is 9.94. The molecule has 2 fully saturated rings. The SMILES string of the molecule is C=C1SC(=S)N(C2CCCCC2)C1=O. The minimum atomic E-state index is 0.0342. The average Bonchev–Trinajstić information content (AvgIpc) is 2.43. The van der Waals surface area contributed by atoms with Gasteiger partial charge in [-0.3, -0.25) is 9.69 Å². The number of carbonyl (C=O) groups is 1. The summed E-state index contributed by atoms with van der Waals surface area (Å²) in [5.41, 5.74) is 0. The quantitative estimate of drug-likeness (QED) is 0.507. The highest BCUT2D eigenvalue weighted by Crippen LogP contribution is 2.35. The van der Waals surface area contributed by atoms with Crippen molar-refractivity contribution in [1.82, 2.24) is 4.90 Å². The Bertz CT molecular complexity index is 294. The summed E-state index contributed by atoms with van der Waals surface area (Å²) in [6.45, 7) is 3.71. The third kappa shape index (κ3) is 1.73. The summed E-state index contributed by atoms with van der Waals surface area (Å²) in [5, 5.41) is 0. The molecule has 1 aliphatic heterocycles. The monoisotopic (exact) mass is 227 g/mol. The molecule has 1 aliphatic carbocycles. The maximum absolute atomic E-state index is 11.7. The molecule has 0 radical (unpaired) electrons. The second kappa shape index (κ2) is 4.03. The van der Waals surface area contributed by atoms with Gasteiger partial charge in [0.1, 0.15) is 4.32 Å². The van der Waals surface area contributed by atoms with Gasteiger partial charge in [0.05, 0.1) is 4.91 Å². The minimum Gasteiger partial charge on any atom is -0.290 e. The van der Waals surface area contributed by atoms with Crippen LogP contribution >= 0.6 is 24.0 Å². The summed E-state index contributed by atoms with van der Waals surface area (Å²) in [5.74, 6) is 0.0342. The van der Waals surface area contributed by atoms with Gasteiger partial charge in [-0.25, -0.2) is 0 Å². The molecule has 0 aromatic carbocycles. The fraction of sp³-hybridized carbons (Fsp3) is 0.600. The number of thiocarbonyl (C=S) groups is 1. The lowest BCUT2D eigenvalue weighted by Gasteiger charge is -2.29. The van der Waals surface area contributed by atoms with Crippen LogP contribution in [-0.2, 0) is 4.79 Å². The summed E-state index contributed by atoms with van der Waals surface area (Å²) in [6, 6.07) is 0.343. The van der Waals surface area contributed by atoms with Crippen LogP contribution in [0.15, 0.2) is 11.5 Å². The molecule has 0 aromatic heterocycles. The smallest absolute Gasteiger partial charge is 0.265 e. The molecule has 0 aromatic rings. The summed E-state index contributed by atoms with van der Waals surface area (Å²) in [6.07, 6.45) is 5.92. The topological polar surface area (TPSA) is 20.3 Å². The van der Waals surface area contributed by atoms with Gasteiger partial charge < -0.3 is 0 Å². The Morgan fingerprint density at radius 1 is 1.36 bits per heavy atom. The highest BCUT2D eigenvalue weighted by Gasteiger charge is 2.36. The van der Waals surface area contributed by atoms with Crippen molar-refractivity contribution in [2.24, 2.45) is 0 Å². The number of nitrogens with zero attached hydrogens (tertiary/aromatic N) is 1. The second-order valence-electron chi connectivity index (χ2n) is 3.76. The molecule has 4 heteroatoms. The fourth-order valence-electron chi connectivity index (χ4n) is 2.07. The third-order valence-corrected chi connectivity index (χ3v) is 4.04. The molecule has 1 heterocycles. The molecule has 0 atom stereocenters. The second-order valence-corrected chi connectivity index (χ2v) is 5.49. The first-order chi connectivity index (χ1) is 6.70. The van der Waals surface area contributed by atoms with Crippen molar-refractivity contribution in [3.63, 3.8) is 0 Å². The largest absolute Gasteiger partial charge is 0.290 e. The number of thioether (sulfide) groups is 1. The van der Waals surface area contributed by atoms with Gasteiger partial charge >= 0.3 is 0 Å². The van der Waals surface area contributed by atoms with Crippen LogP contribution in [0.5, 0.6) is 0 Å². The standard InChI is InChI=1S/C10H13NOS2/c1-7-9(12)11(10(13)14-7)8-5-3-2-4-6-8/h8H,1-6H2. The molecule has 2 nitrogen and oxygen atoms in total. The highest BCUT2D eigenvalue weighted by molar-refractivity contribution is 8.26. The summed E-state index contributed by atoms with van der Waals surface area (Å²) >= 11 is 6.53. The van der Waals surface area contributed by atoms with Crippen LogP contribution in [0.25, 0.3) is 0 Å². The number of rotatable bonds is 1. The average molecular weight is 227 g/mol. The van der Waals surface area contributed by atoms with Crippen LogP contribution in [0.3, 0.4) is 0 Å². The first-order valence-corrected chi connectivity index (χ1v) is 6.17. The molecule has 0 unspecified atom stereocenters. The summed E-state index contributed by atoms with van der Waals surface area (Å²) < 4.78 is 0.701. The van der Waals surface area contributed by atoms with E-state index in [-0.39, 0.29) is 5.91 Å². The predicted molar refractivity (Wildman–Crippen MR) is 63.0 cm³/mol. The lowest BCUT2D eigenvalue weighted by Crippen LogP contribution is -2.39. The Kier molecular flexibility index (Phi) is 2.93. The molecule has 1 amide bonds. The Balaban J connectivity index is 2.12. The molecular weight excluding hydrogens is 214 g/mol. The number of hydrogen-bond donors (Lipinski definition) is 0. The molecule has 1 saturated carbocycles. The minimum absolute atomic E-state index is 0.0342. The van der Waals surface area contributed by atoms with E-state index in [0.29, 0.717) is 15.3 Å². The molecule has 0 bridgehead atoms. The van der Waals surface area contributed by atoms with Crippen LogP contribution in [0, 0.1) is 0 Å². The third-order valence-electron chi connectivity index (χ3n) is 2.80. The zero-order chi connectivity index (χ0) is 10.1. The summed E-state index contributed by atoms with van der Waals surface area (Å²) in [7, 11) is 0. The van der Waals surface area contributed by atoms with Crippen LogP contribution < -0.4 is 0 Å².